The third-order valence-corrected chi connectivity index (χ3v) is 4.85. The van der Waals surface area contributed by atoms with Crippen LogP contribution in [0.5, 0.6) is 0 Å². The molecule has 0 aromatic heterocycles. The van der Waals surface area contributed by atoms with Gasteiger partial charge in [-0.05, 0) is 63.7 Å². The van der Waals surface area contributed by atoms with Crippen LogP contribution in [-0.2, 0) is 4.79 Å². The molecule has 1 aliphatic heterocycles. The molecule has 0 radical (unpaired) electrons. The molecule has 22 heavy (non-hydrogen) atoms. The zero-order valence-corrected chi connectivity index (χ0v) is 15.2. The lowest BCUT2D eigenvalue weighted by Crippen LogP contribution is -2.44. The van der Waals surface area contributed by atoms with Crippen molar-refractivity contribution >= 4 is 5.91 Å². The van der Waals surface area contributed by atoms with Crippen LogP contribution in [0.25, 0.3) is 0 Å². The second kappa shape index (κ2) is 11.0. The quantitative estimate of drug-likeness (QED) is 0.652. The fourth-order valence-electron chi connectivity index (χ4n) is 3.47. The van der Waals surface area contributed by atoms with Gasteiger partial charge >= 0.3 is 0 Å². The maximum absolute atomic E-state index is 12.1. The summed E-state index contributed by atoms with van der Waals surface area (Å²) in [5.74, 6) is 1.64. The predicted octanol–water partition coefficient (Wildman–Crippen LogP) is 2.64. The van der Waals surface area contributed by atoms with Crippen molar-refractivity contribution < 1.29 is 4.79 Å². The van der Waals surface area contributed by atoms with Gasteiger partial charge in [-0.3, -0.25) is 9.69 Å². The van der Waals surface area contributed by atoms with E-state index < -0.39 is 0 Å². The highest BCUT2D eigenvalue weighted by Gasteiger charge is 2.19. The number of nitrogens with zero attached hydrogens (tertiary/aromatic N) is 1. The SMILES string of the molecule is CCN(CC)C(CNC(=O)CCC1CCNCC1)CC(C)C. The molecular formula is C18H37N3O. The zero-order chi connectivity index (χ0) is 16.4. The molecule has 1 saturated heterocycles. The number of nitrogens with one attached hydrogen (secondary N) is 2. The Morgan fingerprint density at radius 1 is 1.23 bits per heavy atom. The maximum Gasteiger partial charge on any atom is 0.220 e. The monoisotopic (exact) mass is 311 g/mol. The molecule has 1 amide bonds. The number of hydrogen-bond donors (Lipinski definition) is 2. The molecule has 4 nitrogen and oxygen atoms in total. The topological polar surface area (TPSA) is 44.4 Å². The highest BCUT2D eigenvalue weighted by atomic mass is 16.1. The van der Waals surface area contributed by atoms with Crippen LogP contribution in [0.3, 0.4) is 0 Å². The summed E-state index contributed by atoms with van der Waals surface area (Å²) < 4.78 is 0. The van der Waals surface area contributed by atoms with E-state index >= 15 is 0 Å². The van der Waals surface area contributed by atoms with E-state index in [1.807, 2.05) is 0 Å². The summed E-state index contributed by atoms with van der Waals surface area (Å²) >= 11 is 0. The summed E-state index contributed by atoms with van der Waals surface area (Å²) in [5, 5.41) is 6.56. The number of piperidine rings is 1. The molecule has 1 rings (SSSR count). The van der Waals surface area contributed by atoms with Crippen LogP contribution in [-0.4, -0.2) is 49.6 Å². The lowest BCUT2D eigenvalue weighted by atomic mass is 9.93. The summed E-state index contributed by atoms with van der Waals surface area (Å²) in [7, 11) is 0. The van der Waals surface area contributed by atoms with Crippen molar-refractivity contribution in [2.24, 2.45) is 11.8 Å². The van der Waals surface area contributed by atoms with Crippen LogP contribution in [0.2, 0.25) is 0 Å². The van der Waals surface area contributed by atoms with Crippen molar-refractivity contribution in [1.29, 1.82) is 0 Å². The van der Waals surface area contributed by atoms with Gasteiger partial charge in [0.25, 0.3) is 0 Å². The van der Waals surface area contributed by atoms with Gasteiger partial charge in [0, 0.05) is 19.0 Å². The summed E-state index contributed by atoms with van der Waals surface area (Å²) in [5.41, 5.74) is 0. The van der Waals surface area contributed by atoms with Gasteiger partial charge in [-0.15, -0.1) is 0 Å². The largest absolute Gasteiger partial charge is 0.355 e. The normalized spacial score (nSPS) is 17.9. The highest BCUT2D eigenvalue weighted by molar-refractivity contribution is 5.75. The third-order valence-electron chi connectivity index (χ3n) is 4.85. The lowest BCUT2D eigenvalue weighted by Gasteiger charge is -2.31. The molecule has 4 heteroatoms. The van der Waals surface area contributed by atoms with E-state index in [4.69, 9.17) is 0 Å². The van der Waals surface area contributed by atoms with Crippen LogP contribution in [0.15, 0.2) is 0 Å². The average Bonchev–Trinajstić information content (AvgIpc) is 2.52. The van der Waals surface area contributed by atoms with Gasteiger partial charge < -0.3 is 10.6 Å². The van der Waals surface area contributed by atoms with Crippen LogP contribution in [0.4, 0.5) is 0 Å². The number of rotatable bonds is 10. The first-order valence-electron chi connectivity index (χ1n) is 9.28. The molecule has 1 heterocycles. The second-order valence-electron chi connectivity index (χ2n) is 7.04. The molecule has 0 aliphatic carbocycles. The van der Waals surface area contributed by atoms with E-state index in [2.05, 4.69) is 43.2 Å². The number of likely N-dealkylation sites (N-methyl/N-ethyl adjacent to an activating group) is 1. The molecule has 1 fully saturated rings. The molecule has 0 bridgehead atoms. The Labute approximate surface area is 137 Å². The fraction of sp³-hybridized carbons (Fsp3) is 0.944. The number of amides is 1. The molecule has 0 saturated carbocycles. The zero-order valence-electron chi connectivity index (χ0n) is 15.2. The van der Waals surface area contributed by atoms with Crippen LogP contribution in [0, 0.1) is 11.8 Å². The second-order valence-corrected chi connectivity index (χ2v) is 7.04. The van der Waals surface area contributed by atoms with Crippen molar-refractivity contribution in [3.63, 3.8) is 0 Å². The van der Waals surface area contributed by atoms with Gasteiger partial charge in [0.2, 0.25) is 5.91 Å². The van der Waals surface area contributed by atoms with E-state index in [1.165, 1.54) is 12.8 Å². The van der Waals surface area contributed by atoms with Gasteiger partial charge in [0.05, 0.1) is 0 Å². The standard InChI is InChI=1S/C18H37N3O/c1-5-21(6-2)17(13-15(3)4)14-20-18(22)8-7-16-9-11-19-12-10-16/h15-17,19H,5-14H2,1-4H3,(H,20,22). The predicted molar refractivity (Wildman–Crippen MR) is 94.0 cm³/mol. The maximum atomic E-state index is 12.1. The molecular weight excluding hydrogens is 274 g/mol. The van der Waals surface area contributed by atoms with Crippen LogP contribution < -0.4 is 10.6 Å². The third kappa shape index (κ3) is 7.59. The highest BCUT2D eigenvalue weighted by Crippen LogP contribution is 2.17. The smallest absolute Gasteiger partial charge is 0.220 e. The molecule has 0 aromatic carbocycles. The number of carbonyl (C=O) groups excluding carboxylic acids is 1. The summed E-state index contributed by atoms with van der Waals surface area (Å²) in [6, 6.07) is 0.470. The molecule has 1 aliphatic rings. The van der Waals surface area contributed by atoms with Crippen LogP contribution >= 0.6 is 0 Å². The Bertz CT molecular complexity index is 297. The van der Waals surface area contributed by atoms with Crippen molar-refractivity contribution in [3.05, 3.63) is 0 Å². The molecule has 2 N–H and O–H groups in total. The first kappa shape index (κ1) is 19.4. The Morgan fingerprint density at radius 3 is 2.41 bits per heavy atom. The van der Waals surface area contributed by atoms with Gasteiger partial charge in [-0.25, -0.2) is 0 Å². The summed E-state index contributed by atoms with van der Waals surface area (Å²) in [4.78, 5) is 14.6. The van der Waals surface area contributed by atoms with Gasteiger partial charge in [-0.2, -0.15) is 0 Å². The van der Waals surface area contributed by atoms with E-state index in [1.54, 1.807) is 0 Å². The Kier molecular flexibility index (Phi) is 9.73. The van der Waals surface area contributed by atoms with Gasteiger partial charge in [-0.1, -0.05) is 27.7 Å². The lowest BCUT2D eigenvalue weighted by molar-refractivity contribution is -0.121. The van der Waals surface area contributed by atoms with Gasteiger partial charge in [0.15, 0.2) is 0 Å². The first-order valence-corrected chi connectivity index (χ1v) is 9.28. The minimum absolute atomic E-state index is 0.236. The number of hydrogen-bond acceptors (Lipinski definition) is 3. The summed E-state index contributed by atoms with van der Waals surface area (Å²) in [6.45, 7) is 14.1. The van der Waals surface area contributed by atoms with Crippen LogP contribution in [0.1, 0.15) is 59.8 Å². The molecule has 130 valence electrons. The first-order chi connectivity index (χ1) is 10.6. The molecule has 1 atom stereocenters. The van der Waals surface area contributed by atoms with E-state index in [-0.39, 0.29) is 5.91 Å². The van der Waals surface area contributed by atoms with E-state index in [0.29, 0.717) is 18.4 Å². The fourth-order valence-corrected chi connectivity index (χ4v) is 3.47. The van der Waals surface area contributed by atoms with Gasteiger partial charge in [0.1, 0.15) is 0 Å². The summed E-state index contributed by atoms with van der Waals surface area (Å²) in [6.07, 6.45) is 5.34. The molecule has 0 aromatic rings. The van der Waals surface area contributed by atoms with E-state index in [9.17, 15) is 4.79 Å². The minimum atomic E-state index is 0.236. The van der Waals surface area contributed by atoms with Crippen molar-refractivity contribution in [3.8, 4) is 0 Å². The van der Waals surface area contributed by atoms with Crippen molar-refractivity contribution in [1.82, 2.24) is 15.5 Å². The molecule has 0 spiro atoms. The Hall–Kier alpha value is -0.610. The van der Waals surface area contributed by atoms with E-state index in [0.717, 1.165) is 51.5 Å². The Morgan fingerprint density at radius 2 is 1.86 bits per heavy atom. The number of carbonyl (C=O) groups is 1. The van der Waals surface area contributed by atoms with Crippen molar-refractivity contribution in [2.45, 2.75) is 65.8 Å². The average molecular weight is 312 g/mol. The minimum Gasteiger partial charge on any atom is -0.355 e. The van der Waals surface area contributed by atoms with Crippen molar-refractivity contribution in [2.75, 3.05) is 32.7 Å². The molecule has 1 unspecified atom stereocenters. The Balaban J connectivity index is 2.30.